The molecule has 0 aliphatic carbocycles. The van der Waals surface area contributed by atoms with Crippen molar-refractivity contribution >= 4 is 22.8 Å². The van der Waals surface area contributed by atoms with E-state index in [1.807, 2.05) is 24.4 Å². The molecular formula is C18H23N5O2. The molecular weight excluding hydrogens is 318 g/mol. The Morgan fingerprint density at radius 1 is 1.36 bits per heavy atom. The van der Waals surface area contributed by atoms with Crippen molar-refractivity contribution in [1.29, 1.82) is 0 Å². The second kappa shape index (κ2) is 7.48. The summed E-state index contributed by atoms with van der Waals surface area (Å²) < 4.78 is 7.20. The zero-order chi connectivity index (χ0) is 17.8. The van der Waals surface area contributed by atoms with Crippen molar-refractivity contribution in [2.24, 2.45) is 5.92 Å². The molecule has 0 radical (unpaired) electrons. The predicted molar refractivity (Wildman–Crippen MR) is 96.7 cm³/mol. The van der Waals surface area contributed by atoms with Crippen LogP contribution < -0.4 is 5.32 Å². The molecule has 1 aromatic carbocycles. The second-order valence-electron chi connectivity index (χ2n) is 6.43. The average molecular weight is 341 g/mol. The van der Waals surface area contributed by atoms with Crippen LogP contribution in [0.5, 0.6) is 0 Å². The Balaban J connectivity index is 1.76. The summed E-state index contributed by atoms with van der Waals surface area (Å²) in [7, 11) is 1.68. The molecule has 2 N–H and O–H groups in total. The van der Waals surface area contributed by atoms with Crippen molar-refractivity contribution in [2.75, 3.05) is 19.0 Å². The van der Waals surface area contributed by atoms with E-state index in [2.05, 4.69) is 38.9 Å². The third-order valence-electron chi connectivity index (χ3n) is 3.93. The van der Waals surface area contributed by atoms with Crippen molar-refractivity contribution in [3.05, 3.63) is 41.9 Å². The lowest BCUT2D eigenvalue weighted by atomic mass is 10.1. The average Bonchev–Trinajstić information content (AvgIpc) is 3.18. The first kappa shape index (κ1) is 17.2. The van der Waals surface area contributed by atoms with Crippen LogP contribution in [-0.4, -0.2) is 39.4 Å². The molecule has 3 aromatic rings. The molecule has 2 aromatic heterocycles. The number of nitrogens with one attached hydrogen (secondary N) is 2. The zero-order valence-electron chi connectivity index (χ0n) is 14.7. The van der Waals surface area contributed by atoms with Crippen LogP contribution >= 0.6 is 0 Å². The Kier molecular flexibility index (Phi) is 5.14. The van der Waals surface area contributed by atoms with E-state index >= 15 is 0 Å². The number of benzene rings is 1. The Morgan fingerprint density at radius 3 is 2.96 bits per heavy atom. The van der Waals surface area contributed by atoms with Gasteiger partial charge in [-0.25, -0.2) is 0 Å². The lowest BCUT2D eigenvalue weighted by Gasteiger charge is -2.06. The highest BCUT2D eigenvalue weighted by atomic mass is 16.5. The molecule has 3 rings (SSSR count). The molecule has 0 bridgehead atoms. The van der Waals surface area contributed by atoms with Gasteiger partial charge < -0.3 is 9.30 Å². The fourth-order valence-electron chi connectivity index (χ4n) is 2.71. The molecule has 0 spiro atoms. The summed E-state index contributed by atoms with van der Waals surface area (Å²) in [6.45, 7) is 5.57. The van der Waals surface area contributed by atoms with Crippen molar-refractivity contribution in [2.45, 2.75) is 26.8 Å². The van der Waals surface area contributed by atoms with E-state index in [1.165, 1.54) is 0 Å². The Morgan fingerprint density at radius 2 is 2.20 bits per heavy atom. The van der Waals surface area contributed by atoms with Crippen LogP contribution in [0.4, 0.5) is 5.95 Å². The number of fused-ring (bicyclic) bond motifs is 1. The minimum Gasteiger partial charge on any atom is -0.383 e. The van der Waals surface area contributed by atoms with Gasteiger partial charge in [0.25, 0.3) is 5.91 Å². The van der Waals surface area contributed by atoms with Crippen molar-refractivity contribution in [3.63, 3.8) is 0 Å². The van der Waals surface area contributed by atoms with Crippen LogP contribution in [0.15, 0.2) is 30.5 Å². The van der Waals surface area contributed by atoms with Gasteiger partial charge in [-0.15, -0.1) is 5.10 Å². The highest BCUT2D eigenvalue weighted by Gasteiger charge is 2.12. The lowest BCUT2D eigenvalue weighted by Crippen LogP contribution is -2.13. The van der Waals surface area contributed by atoms with E-state index in [0.717, 1.165) is 29.7 Å². The number of amides is 1. The van der Waals surface area contributed by atoms with E-state index in [0.29, 0.717) is 24.0 Å². The van der Waals surface area contributed by atoms with Gasteiger partial charge in [0.2, 0.25) is 5.95 Å². The van der Waals surface area contributed by atoms with Crippen molar-refractivity contribution in [1.82, 2.24) is 19.7 Å². The first-order valence-electron chi connectivity index (χ1n) is 8.37. The Bertz CT molecular complexity index is 865. The number of rotatable bonds is 7. The zero-order valence-corrected chi connectivity index (χ0v) is 14.7. The normalized spacial score (nSPS) is 11.4. The van der Waals surface area contributed by atoms with Crippen LogP contribution in [0.3, 0.4) is 0 Å². The van der Waals surface area contributed by atoms with E-state index in [9.17, 15) is 4.79 Å². The summed E-state index contributed by atoms with van der Waals surface area (Å²) in [6.07, 6.45) is 2.79. The number of aromatic nitrogens is 4. The highest BCUT2D eigenvalue weighted by molar-refractivity contribution is 6.05. The number of hydrogen-bond acceptors (Lipinski definition) is 4. The molecule has 0 aliphatic rings. The number of methoxy groups -OCH3 is 1. The molecule has 7 nitrogen and oxygen atoms in total. The molecule has 0 fully saturated rings. The predicted octanol–water partition coefficient (Wildman–Crippen LogP) is 2.86. The summed E-state index contributed by atoms with van der Waals surface area (Å²) in [6, 6.07) is 7.65. The van der Waals surface area contributed by atoms with Gasteiger partial charge in [0.05, 0.1) is 6.61 Å². The Labute approximate surface area is 146 Å². The standard InChI is InChI=1S/C18H23N5O2/c1-12(2)10-16-19-18(22-21-16)20-17(24)14-5-4-13-6-7-23(8-9-25-3)15(13)11-14/h4-7,11-12H,8-10H2,1-3H3,(H2,19,20,21,22,24). The molecule has 0 unspecified atom stereocenters. The molecule has 1 amide bonds. The largest absolute Gasteiger partial charge is 0.383 e. The van der Waals surface area contributed by atoms with Gasteiger partial charge in [-0.3, -0.25) is 15.2 Å². The topological polar surface area (TPSA) is 84.8 Å². The van der Waals surface area contributed by atoms with E-state index in [-0.39, 0.29) is 5.91 Å². The minimum absolute atomic E-state index is 0.225. The maximum Gasteiger partial charge on any atom is 0.258 e. The Hall–Kier alpha value is -2.67. The number of carbonyl (C=O) groups is 1. The van der Waals surface area contributed by atoms with E-state index in [4.69, 9.17) is 4.74 Å². The summed E-state index contributed by atoms with van der Waals surface area (Å²) >= 11 is 0. The third kappa shape index (κ3) is 4.06. The number of H-pyrrole nitrogens is 1. The second-order valence-corrected chi connectivity index (χ2v) is 6.43. The first-order valence-corrected chi connectivity index (χ1v) is 8.37. The fourth-order valence-corrected chi connectivity index (χ4v) is 2.71. The summed E-state index contributed by atoms with van der Waals surface area (Å²) in [4.78, 5) is 16.8. The lowest BCUT2D eigenvalue weighted by molar-refractivity contribution is 0.102. The van der Waals surface area contributed by atoms with Gasteiger partial charge in [0.1, 0.15) is 5.82 Å². The van der Waals surface area contributed by atoms with Crippen molar-refractivity contribution < 1.29 is 9.53 Å². The molecule has 25 heavy (non-hydrogen) atoms. The number of hydrogen-bond donors (Lipinski definition) is 2. The van der Waals surface area contributed by atoms with Gasteiger partial charge in [-0.1, -0.05) is 19.9 Å². The van der Waals surface area contributed by atoms with Gasteiger partial charge in [0.15, 0.2) is 0 Å². The first-order chi connectivity index (χ1) is 12.1. The van der Waals surface area contributed by atoms with Crippen LogP contribution in [-0.2, 0) is 17.7 Å². The van der Waals surface area contributed by atoms with Crippen LogP contribution in [0.2, 0.25) is 0 Å². The maximum atomic E-state index is 12.5. The van der Waals surface area contributed by atoms with Gasteiger partial charge in [-0.2, -0.15) is 4.98 Å². The molecule has 0 atom stereocenters. The summed E-state index contributed by atoms with van der Waals surface area (Å²) in [5, 5.41) is 10.7. The van der Waals surface area contributed by atoms with Crippen LogP contribution in [0, 0.1) is 5.92 Å². The molecule has 0 aliphatic heterocycles. The molecule has 0 saturated heterocycles. The van der Waals surface area contributed by atoms with E-state index in [1.54, 1.807) is 13.2 Å². The monoisotopic (exact) mass is 341 g/mol. The molecule has 7 heteroatoms. The number of ether oxygens (including phenoxy) is 1. The van der Waals surface area contributed by atoms with Crippen molar-refractivity contribution in [3.8, 4) is 0 Å². The quantitative estimate of drug-likeness (QED) is 0.692. The molecule has 132 valence electrons. The number of anilines is 1. The molecule has 0 saturated carbocycles. The van der Waals surface area contributed by atoms with Crippen LogP contribution in [0.1, 0.15) is 30.0 Å². The smallest absolute Gasteiger partial charge is 0.258 e. The maximum absolute atomic E-state index is 12.5. The van der Waals surface area contributed by atoms with Gasteiger partial charge >= 0.3 is 0 Å². The summed E-state index contributed by atoms with van der Waals surface area (Å²) in [5.41, 5.74) is 1.57. The number of nitrogens with zero attached hydrogens (tertiary/aromatic N) is 3. The minimum atomic E-state index is -0.225. The summed E-state index contributed by atoms with van der Waals surface area (Å²) in [5.74, 6) is 1.32. The number of aromatic amines is 1. The highest BCUT2D eigenvalue weighted by Crippen LogP contribution is 2.18. The SMILES string of the molecule is COCCn1ccc2ccc(C(=O)Nc3n[nH]c(CC(C)C)n3)cc21. The van der Waals surface area contributed by atoms with Crippen LogP contribution in [0.25, 0.3) is 10.9 Å². The van der Waals surface area contributed by atoms with Gasteiger partial charge in [-0.05, 0) is 29.5 Å². The third-order valence-corrected chi connectivity index (χ3v) is 3.93. The van der Waals surface area contributed by atoms with E-state index < -0.39 is 0 Å². The molecule has 2 heterocycles. The number of carbonyl (C=O) groups excluding carboxylic acids is 1. The fraction of sp³-hybridized carbons (Fsp3) is 0.389. The van der Waals surface area contributed by atoms with Gasteiger partial charge in [0, 0.05) is 37.4 Å².